The van der Waals surface area contributed by atoms with E-state index in [-0.39, 0.29) is 5.41 Å². The summed E-state index contributed by atoms with van der Waals surface area (Å²) in [6.07, 6.45) is 0. The molecule has 0 N–H and O–H groups in total. The maximum Gasteiger partial charge on any atom is 0.145 e. The predicted octanol–water partition coefficient (Wildman–Crippen LogP) is 14.3. The molecular weight excluding hydrogens is 677 g/mol. The number of para-hydroxylation sites is 3. The number of benzene rings is 9. The Balaban J connectivity index is 1.20. The molecule has 0 spiro atoms. The molecule has 0 amide bonds. The van der Waals surface area contributed by atoms with Crippen molar-refractivity contribution in [2.24, 2.45) is 0 Å². The Morgan fingerprint density at radius 2 is 0.964 bits per heavy atom. The molecule has 0 saturated heterocycles. The first-order valence-electron chi connectivity index (χ1n) is 19.5. The highest BCUT2D eigenvalue weighted by molar-refractivity contribution is 6.23. The molecule has 0 unspecified atom stereocenters. The topological polar surface area (TPSA) is 17.8 Å². The van der Waals surface area contributed by atoms with Crippen LogP contribution < -0.4 is 0 Å². The number of nitrogens with zero attached hydrogens (tertiary/aromatic N) is 2. The van der Waals surface area contributed by atoms with E-state index < -0.39 is 0 Å². The average Bonchev–Trinajstić information content (AvgIpc) is 3.75. The number of fused-ring (bicyclic) bond motifs is 6. The Morgan fingerprint density at radius 3 is 1.73 bits per heavy atom. The van der Waals surface area contributed by atoms with Gasteiger partial charge >= 0.3 is 0 Å². The standard InChI is InChI=1S/C54H38N2/c1-54(2)47-26-14-13-22-40(47)44-33-45-46(34-48(44)54)52(41-23-10-9-21-39(41)35-17-5-3-6-18-35)43-25-12-11-24-42(43)51(45)36-29-31-37(32-30-36)53-55-49-27-15-16-28-50(49)56(53)38-19-7-4-8-20-38/h3-34H,1-2H3. The van der Waals surface area contributed by atoms with E-state index >= 15 is 0 Å². The zero-order valence-electron chi connectivity index (χ0n) is 31.4. The van der Waals surface area contributed by atoms with Crippen molar-refractivity contribution >= 4 is 32.6 Å². The van der Waals surface area contributed by atoms with Crippen molar-refractivity contribution in [3.63, 3.8) is 0 Å². The van der Waals surface area contributed by atoms with Gasteiger partial charge in [0.25, 0.3) is 0 Å². The van der Waals surface area contributed by atoms with Crippen LogP contribution in [-0.4, -0.2) is 9.55 Å². The Kier molecular flexibility index (Phi) is 7.24. The second kappa shape index (κ2) is 12.5. The minimum absolute atomic E-state index is 0.131. The third kappa shape index (κ3) is 4.86. The average molecular weight is 715 g/mol. The van der Waals surface area contributed by atoms with Crippen molar-refractivity contribution in [1.29, 1.82) is 0 Å². The lowest BCUT2D eigenvalue weighted by Crippen LogP contribution is -2.14. The Morgan fingerprint density at radius 1 is 0.393 bits per heavy atom. The molecule has 0 radical (unpaired) electrons. The second-order valence-electron chi connectivity index (χ2n) is 15.5. The lowest BCUT2D eigenvalue weighted by Gasteiger charge is -2.24. The molecule has 2 nitrogen and oxygen atoms in total. The molecule has 1 aliphatic carbocycles. The van der Waals surface area contributed by atoms with Gasteiger partial charge in [0.2, 0.25) is 0 Å². The molecule has 1 heterocycles. The van der Waals surface area contributed by atoms with Gasteiger partial charge in [-0.05, 0) is 114 Å². The van der Waals surface area contributed by atoms with Crippen molar-refractivity contribution in [2.45, 2.75) is 19.3 Å². The van der Waals surface area contributed by atoms with Crippen LogP contribution in [-0.2, 0) is 5.41 Å². The van der Waals surface area contributed by atoms with Crippen LogP contribution in [0.15, 0.2) is 194 Å². The summed E-state index contributed by atoms with van der Waals surface area (Å²) in [5.41, 5.74) is 17.0. The molecule has 2 heteroatoms. The Bertz CT molecular complexity index is 3130. The summed E-state index contributed by atoms with van der Waals surface area (Å²) in [6.45, 7) is 4.76. The number of aromatic nitrogens is 2. The Labute approximate surface area is 327 Å². The van der Waals surface area contributed by atoms with Crippen molar-refractivity contribution in [1.82, 2.24) is 9.55 Å². The molecular formula is C54H38N2. The molecule has 9 aromatic carbocycles. The highest BCUT2D eigenvalue weighted by atomic mass is 15.1. The normalized spacial score (nSPS) is 13.0. The van der Waals surface area contributed by atoms with E-state index in [1.807, 2.05) is 0 Å². The fourth-order valence-electron chi connectivity index (χ4n) is 9.39. The number of hydrogen-bond acceptors (Lipinski definition) is 1. The molecule has 0 bridgehead atoms. The fourth-order valence-corrected chi connectivity index (χ4v) is 9.39. The fraction of sp³-hybridized carbons (Fsp3) is 0.0556. The summed E-state index contributed by atoms with van der Waals surface area (Å²) in [4.78, 5) is 5.18. The molecule has 56 heavy (non-hydrogen) atoms. The second-order valence-corrected chi connectivity index (χ2v) is 15.5. The molecule has 11 rings (SSSR count). The van der Waals surface area contributed by atoms with Crippen LogP contribution in [0.1, 0.15) is 25.0 Å². The summed E-state index contributed by atoms with van der Waals surface area (Å²) in [7, 11) is 0. The first-order valence-corrected chi connectivity index (χ1v) is 19.5. The molecule has 0 fully saturated rings. The largest absolute Gasteiger partial charge is 0.292 e. The summed E-state index contributed by atoms with van der Waals surface area (Å²) in [5.74, 6) is 0.934. The van der Waals surface area contributed by atoms with Crippen molar-refractivity contribution in [2.75, 3.05) is 0 Å². The van der Waals surface area contributed by atoms with E-state index in [9.17, 15) is 0 Å². The monoisotopic (exact) mass is 714 g/mol. The smallest absolute Gasteiger partial charge is 0.145 e. The van der Waals surface area contributed by atoms with Crippen LogP contribution in [0, 0.1) is 0 Å². The lowest BCUT2D eigenvalue weighted by atomic mass is 9.79. The van der Waals surface area contributed by atoms with Crippen molar-refractivity contribution < 1.29 is 0 Å². The van der Waals surface area contributed by atoms with E-state index in [0.717, 1.165) is 28.1 Å². The third-order valence-electron chi connectivity index (χ3n) is 12.0. The van der Waals surface area contributed by atoms with Crippen LogP contribution in [0.3, 0.4) is 0 Å². The van der Waals surface area contributed by atoms with E-state index in [1.54, 1.807) is 0 Å². The van der Waals surface area contributed by atoms with Gasteiger partial charge in [-0.15, -0.1) is 0 Å². The SMILES string of the molecule is CC1(C)c2ccccc2-c2cc3c(-c4ccc(-c5nc6ccccc6n5-c5ccccc5)cc4)c4ccccc4c(-c4ccccc4-c4ccccc4)c3cc21. The highest BCUT2D eigenvalue weighted by Gasteiger charge is 2.36. The van der Waals surface area contributed by atoms with Crippen LogP contribution in [0.5, 0.6) is 0 Å². The van der Waals surface area contributed by atoms with Gasteiger partial charge in [0.15, 0.2) is 0 Å². The van der Waals surface area contributed by atoms with Crippen molar-refractivity contribution in [3.05, 3.63) is 205 Å². The number of hydrogen-bond donors (Lipinski definition) is 0. The molecule has 264 valence electrons. The van der Waals surface area contributed by atoms with Gasteiger partial charge in [0.05, 0.1) is 11.0 Å². The zero-order valence-corrected chi connectivity index (χ0v) is 31.4. The van der Waals surface area contributed by atoms with Gasteiger partial charge < -0.3 is 0 Å². The van der Waals surface area contributed by atoms with Gasteiger partial charge in [-0.3, -0.25) is 4.57 Å². The van der Waals surface area contributed by atoms with Crippen LogP contribution in [0.4, 0.5) is 0 Å². The van der Waals surface area contributed by atoms with Gasteiger partial charge in [-0.1, -0.05) is 172 Å². The molecule has 10 aromatic rings. The summed E-state index contributed by atoms with van der Waals surface area (Å²) in [6, 6.07) is 70.8. The van der Waals surface area contributed by atoms with E-state index in [2.05, 4.69) is 213 Å². The van der Waals surface area contributed by atoms with Gasteiger partial charge in [0, 0.05) is 16.7 Å². The quantitative estimate of drug-likeness (QED) is 0.162. The van der Waals surface area contributed by atoms with Gasteiger partial charge in [0.1, 0.15) is 5.82 Å². The first-order chi connectivity index (χ1) is 27.6. The molecule has 0 saturated carbocycles. The highest BCUT2D eigenvalue weighted by Crippen LogP contribution is 2.54. The van der Waals surface area contributed by atoms with E-state index in [4.69, 9.17) is 4.98 Å². The number of imidazole rings is 1. The predicted molar refractivity (Wildman–Crippen MR) is 235 cm³/mol. The van der Waals surface area contributed by atoms with Gasteiger partial charge in [-0.2, -0.15) is 0 Å². The molecule has 1 aliphatic rings. The van der Waals surface area contributed by atoms with Gasteiger partial charge in [-0.25, -0.2) is 4.98 Å². The minimum atomic E-state index is -0.131. The van der Waals surface area contributed by atoms with E-state index in [0.29, 0.717) is 0 Å². The Hall–Kier alpha value is -7.03. The van der Waals surface area contributed by atoms with Crippen LogP contribution in [0.25, 0.3) is 94.2 Å². The third-order valence-corrected chi connectivity index (χ3v) is 12.0. The van der Waals surface area contributed by atoms with E-state index in [1.165, 1.54) is 77.2 Å². The maximum atomic E-state index is 5.18. The summed E-state index contributed by atoms with van der Waals surface area (Å²) in [5, 5.41) is 5.03. The first kappa shape index (κ1) is 32.4. The minimum Gasteiger partial charge on any atom is -0.292 e. The summed E-state index contributed by atoms with van der Waals surface area (Å²) >= 11 is 0. The maximum absolute atomic E-state index is 5.18. The molecule has 0 aliphatic heterocycles. The zero-order chi connectivity index (χ0) is 37.4. The molecule has 1 aromatic heterocycles. The van der Waals surface area contributed by atoms with Crippen LogP contribution in [0.2, 0.25) is 0 Å². The lowest BCUT2D eigenvalue weighted by molar-refractivity contribution is 0.661. The van der Waals surface area contributed by atoms with Crippen molar-refractivity contribution in [3.8, 4) is 61.6 Å². The number of rotatable bonds is 5. The van der Waals surface area contributed by atoms with Crippen LogP contribution >= 0.6 is 0 Å². The summed E-state index contributed by atoms with van der Waals surface area (Å²) < 4.78 is 2.27. The molecule has 0 atom stereocenters.